The molecule has 1 amide bonds. The van der Waals surface area contributed by atoms with E-state index in [1.165, 1.54) is 5.57 Å². The van der Waals surface area contributed by atoms with E-state index in [2.05, 4.69) is 18.0 Å². The lowest BCUT2D eigenvalue weighted by atomic mass is 9.71. The van der Waals surface area contributed by atoms with Gasteiger partial charge in [0.15, 0.2) is 0 Å². The zero-order valence-corrected chi connectivity index (χ0v) is 23.3. The van der Waals surface area contributed by atoms with Crippen molar-refractivity contribution < 1.29 is 24.2 Å². The first-order valence-corrected chi connectivity index (χ1v) is 13.7. The van der Waals surface area contributed by atoms with Crippen LogP contribution in [0.5, 0.6) is 0 Å². The van der Waals surface area contributed by atoms with Crippen LogP contribution in [0.25, 0.3) is 6.08 Å². The number of amides is 1. The first-order valence-electron chi connectivity index (χ1n) is 12.8. The fourth-order valence-electron chi connectivity index (χ4n) is 4.86. The predicted octanol–water partition coefficient (Wildman–Crippen LogP) is 5.15. The van der Waals surface area contributed by atoms with E-state index in [0.717, 1.165) is 35.5 Å². The summed E-state index contributed by atoms with van der Waals surface area (Å²) in [6, 6.07) is 0. The number of nitrogens with zero attached hydrogens (tertiary/aromatic N) is 1. The molecule has 0 saturated carbocycles. The molecule has 0 bridgehead atoms. The number of rotatable bonds is 4. The van der Waals surface area contributed by atoms with Crippen LogP contribution >= 0.6 is 11.3 Å². The number of carbonyl (C=O) groups is 3. The molecule has 2 heterocycles. The monoisotopic (exact) mass is 518 g/mol. The average Bonchev–Trinajstić information content (AvgIpc) is 3.21. The highest BCUT2D eigenvalue weighted by atomic mass is 32.1. The van der Waals surface area contributed by atoms with Crippen molar-refractivity contribution in [2.75, 3.05) is 0 Å². The van der Waals surface area contributed by atoms with E-state index in [1.54, 1.807) is 25.2 Å². The summed E-state index contributed by atoms with van der Waals surface area (Å²) in [6.45, 7) is 11.2. The maximum atomic E-state index is 13.4. The van der Waals surface area contributed by atoms with Crippen molar-refractivity contribution >= 4 is 35.1 Å². The van der Waals surface area contributed by atoms with Crippen molar-refractivity contribution in [1.29, 1.82) is 0 Å². The van der Waals surface area contributed by atoms with Gasteiger partial charge < -0.3 is 15.6 Å². The quantitative estimate of drug-likeness (QED) is 0.420. The van der Waals surface area contributed by atoms with E-state index in [0.29, 0.717) is 6.42 Å². The Morgan fingerprint density at radius 2 is 2.00 bits per heavy atom. The van der Waals surface area contributed by atoms with Crippen molar-refractivity contribution in [3.05, 3.63) is 33.3 Å². The van der Waals surface area contributed by atoms with Gasteiger partial charge in [0.1, 0.15) is 11.9 Å². The molecule has 3 N–H and O–H groups in total. The van der Waals surface area contributed by atoms with Gasteiger partial charge in [0.05, 0.1) is 16.8 Å². The van der Waals surface area contributed by atoms with E-state index >= 15 is 0 Å². The molecule has 5 atom stereocenters. The number of esters is 1. The van der Waals surface area contributed by atoms with Gasteiger partial charge in [0, 0.05) is 36.0 Å². The first-order chi connectivity index (χ1) is 16.8. The molecule has 0 unspecified atom stereocenters. The minimum absolute atomic E-state index is 0.0316. The van der Waals surface area contributed by atoms with Gasteiger partial charge in [-0.3, -0.25) is 14.4 Å². The second kappa shape index (κ2) is 13.3. The zero-order chi connectivity index (χ0) is 27.0. The lowest BCUT2D eigenvalue weighted by Crippen LogP contribution is -2.42. The number of ketones is 1. The topological polar surface area (TPSA) is 120 Å². The Morgan fingerprint density at radius 1 is 1.31 bits per heavy atom. The summed E-state index contributed by atoms with van der Waals surface area (Å²) in [4.78, 5) is 42.7. The normalized spacial score (nSPS) is 31.4. The number of primary amides is 1. The lowest BCUT2D eigenvalue weighted by molar-refractivity contribution is -0.149. The summed E-state index contributed by atoms with van der Waals surface area (Å²) in [7, 11) is 0. The van der Waals surface area contributed by atoms with Crippen LogP contribution in [0.4, 0.5) is 0 Å². The molecule has 0 aliphatic carbocycles. The van der Waals surface area contributed by atoms with Gasteiger partial charge in [-0.05, 0) is 64.0 Å². The van der Waals surface area contributed by atoms with Crippen LogP contribution in [0.15, 0.2) is 22.6 Å². The molecule has 8 heteroatoms. The second-order valence-corrected chi connectivity index (χ2v) is 11.7. The molecule has 0 spiro atoms. The molecule has 7 nitrogen and oxygen atoms in total. The summed E-state index contributed by atoms with van der Waals surface area (Å²) in [5.41, 5.74) is 7.23. The fourth-order valence-corrected chi connectivity index (χ4v) is 5.43. The molecule has 0 fully saturated rings. The smallest absolute Gasteiger partial charge is 0.306 e. The van der Waals surface area contributed by atoms with E-state index in [1.807, 2.05) is 32.2 Å². The third-order valence-corrected chi connectivity index (χ3v) is 8.05. The Bertz CT molecular complexity index is 998. The van der Waals surface area contributed by atoms with E-state index in [9.17, 15) is 19.5 Å². The Hall–Kier alpha value is -2.32. The molecule has 1 aromatic heterocycles. The van der Waals surface area contributed by atoms with E-state index in [-0.39, 0.29) is 31.0 Å². The van der Waals surface area contributed by atoms with E-state index in [4.69, 9.17) is 10.5 Å². The van der Waals surface area contributed by atoms with Gasteiger partial charge in [-0.2, -0.15) is 0 Å². The molecule has 1 aliphatic heterocycles. The van der Waals surface area contributed by atoms with Crippen LogP contribution in [0.2, 0.25) is 0 Å². The minimum atomic E-state index is -1.16. The standard InChI is InChI=1S/C28H42N2O5S/c1-17-8-7-9-18(2)26(33)20(4)27(34)28(6,15-24(29)31)13-12-25(32)35-23(11-10-17)19(3)14-22-16-36-21(5)30-22/h10,14,16,18,20,23,26,33H,7-9,11-13,15H2,1-6H3,(H2,29,31)/b17-10-,19-14+/t18-,20+,23-,26-,28-/m0/s1. The number of carbonyl (C=O) groups excluding carboxylic acids is 3. The van der Waals surface area contributed by atoms with Gasteiger partial charge in [-0.25, -0.2) is 4.98 Å². The van der Waals surface area contributed by atoms with Gasteiger partial charge in [-0.15, -0.1) is 11.3 Å². The number of aliphatic hydroxyl groups excluding tert-OH is 1. The number of aryl methyl sites for hydroxylation is 1. The van der Waals surface area contributed by atoms with Crippen molar-refractivity contribution in [2.24, 2.45) is 23.0 Å². The molecule has 200 valence electrons. The highest BCUT2D eigenvalue weighted by Crippen LogP contribution is 2.35. The van der Waals surface area contributed by atoms with Crippen LogP contribution in [0.3, 0.4) is 0 Å². The number of hydrogen-bond donors (Lipinski definition) is 2. The van der Waals surface area contributed by atoms with Crippen LogP contribution < -0.4 is 5.73 Å². The number of cyclic esters (lactones) is 1. The van der Waals surface area contributed by atoms with Gasteiger partial charge in [0.2, 0.25) is 5.91 Å². The number of ether oxygens (including phenoxy) is 1. The third-order valence-electron chi connectivity index (χ3n) is 7.25. The van der Waals surface area contributed by atoms with Gasteiger partial charge in [-0.1, -0.05) is 32.4 Å². The van der Waals surface area contributed by atoms with Crippen LogP contribution in [0, 0.1) is 24.2 Å². The summed E-state index contributed by atoms with van der Waals surface area (Å²) >= 11 is 1.56. The largest absolute Gasteiger partial charge is 0.457 e. The molecule has 0 radical (unpaired) electrons. The maximum Gasteiger partial charge on any atom is 0.306 e. The SMILES string of the molecule is C/C1=C/C[C@@H](/C(C)=C/c2csc(C)n2)OC(=O)CC[C@@](C)(CC(N)=O)C(=O)[C@H](C)[C@@H](O)[C@@H](C)CCC1. The highest BCUT2D eigenvalue weighted by Gasteiger charge is 2.41. The lowest BCUT2D eigenvalue weighted by Gasteiger charge is -2.33. The first kappa shape index (κ1) is 29.9. The van der Waals surface area contributed by atoms with Crippen molar-refractivity contribution in [1.82, 2.24) is 4.98 Å². The van der Waals surface area contributed by atoms with E-state index < -0.39 is 35.4 Å². The Labute approximate surface area is 219 Å². The number of nitrogens with two attached hydrogens (primary N) is 1. The Balaban J connectivity index is 2.35. The number of hydrogen-bond acceptors (Lipinski definition) is 7. The third kappa shape index (κ3) is 8.66. The van der Waals surface area contributed by atoms with Crippen molar-refractivity contribution in [3.8, 4) is 0 Å². The summed E-state index contributed by atoms with van der Waals surface area (Å²) in [5.74, 6) is -2.05. The average molecular weight is 519 g/mol. The summed E-state index contributed by atoms with van der Waals surface area (Å²) in [6.07, 6.45) is 5.70. The van der Waals surface area contributed by atoms with Crippen molar-refractivity contribution in [2.45, 2.75) is 98.7 Å². The Kier molecular flexibility index (Phi) is 11.0. The number of Topliss-reactive ketones (excluding diaryl/α,β-unsaturated/α-hetero) is 1. The molecule has 2 rings (SSSR count). The molecular formula is C28H42N2O5S. The summed E-state index contributed by atoms with van der Waals surface area (Å²) < 4.78 is 5.89. The second-order valence-electron chi connectivity index (χ2n) is 10.7. The minimum Gasteiger partial charge on any atom is -0.457 e. The molecule has 0 saturated heterocycles. The van der Waals surface area contributed by atoms with Crippen LogP contribution in [-0.2, 0) is 19.1 Å². The van der Waals surface area contributed by atoms with Gasteiger partial charge >= 0.3 is 5.97 Å². The highest BCUT2D eigenvalue weighted by molar-refractivity contribution is 7.09. The maximum absolute atomic E-state index is 13.4. The predicted molar refractivity (Wildman–Crippen MR) is 143 cm³/mol. The molecule has 0 aromatic carbocycles. The number of aromatic nitrogens is 1. The van der Waals surface area contributed by atoms with Crippen LogP contribution in [0.1, 0.15) is 90.3 Å². The molecular weight excluding hydrogens is 476 g/mol. The van der Waals surface area contributed by atoms with Gasteiger partial charge in [0.25, 0.3) is 0 Å². The molecule has 36 heavy (non-hydrogen) atoms. The molecule has 1 aromatic rings. The number of aliphatic hydroxyl groups is 1. The fraction of sp³-hybridized carbons (Fsp3) is 0.643. The Morgan fingerprint density at radius 3 is 2.61 bits per heavy atom. The molecule has 1 aliphatic rings. The van der Waals surface area contributed by atoms with Crippen LogP contribution in [-0.4, -0.2) is 40.0 Å². The number of allylic oxidation sites excluding steroid dienone is 1. The zero-order valence-electron chi connectivity index (χ0n) is 22.5. The summed E-state index contributed by atoms with van der Waals surface area (Å²) in [5, 5.41) is 13.8. The number of thiazole rings is 1. The van der Waals surface area contributed by atoms with Crippen molar-refractivity contribution in [3.63, 3.8) is 0 Å².